The first-order valence-corrected chi connectivity index (χ1v) is 12.7. The van der Waals surface area contributed by atoms with Crippen molar-refractivity contribution in [3.8, 4) is 11.8 Å². The topological polar surface area (TPSA) is 123 Å². The standard InChI is InChI=1S/C29H22BrN3O6/c1-38-23-13-9-19(15-21(23)30)27(34)26-25(18-7-11-20(12-8-18)33(36)37)29(16-31,28(35)39-2)24-14-10-17-5-3-4-6-22(17)32(24)26/h3-15,24-26H,1-2H3/t24-,25+,26-,29-/m0/s1. The van der Waals surface area contributed by atoms with Crippen molar-refractivity contribution >= 4 is 45.1 Å². The van der Waals surface area contributed by atoms with E-state index in [1.807, 2.05) is 35.2 Å². The molecule has 39 heavy (non-hydrogen) atoms. The zero-order valence-corrected chi connectivity index (χ0v) is 22.5. The van der Waals surface area contributed by atoms with Gasteiger partial charge in [-0.05, 0) is 51.3 Å². The third-order valence-electron chi connectivity index (χ3n) is 7.42. The maximum atomic E-state index is 14.4. The van der Waals surface area contributed by atoms with Crippen LogP contribution in [0.3, 0.4) is 0 Å². The number of methoxy groups -OCH3 is 2. The fourth-order valence-corrected chi connectivity index (χ4v) is 6.24. The number of hydrogen-bond donors (Lipinski definition) is 0. The van der Waals surface area contributed by atoms with Crippen LogP contribution in [0.15, 0.2) is 77.3 Å². The van der Waals surface area contributed by atoms with Crippen molar-refractivity contribution in [2.45, 2.75) is 18.0 Å². The molecular weight excluding hydrogens is 566 g/mol. The number of para-hydroxylation sites is 1. The van der Waals surface area contributed by atoms with Crippen molar-refractivity contribution in [3.63, 3.8) is 0 Å². The Bertz CT molecular complexity index is 1560. The smallest absolute Gasteiger partial charge is 0.329 e. The molecule has 1 saturated heterocycles. The first kappa shape index (κ1) is 26.1. The van der Waals surface area contributed by atoms with Gasteiger partial charge in [0.15, 0.2) is 11.2 Å². The number of nitriles is 1. The number of carbonyl (C=O) groups is 2. The molecule has 196 valence electrons. The Morgan fingerprint density at radius 3 is 2.44 bits per heavy atom. The van der Waals surface area contributed by atoms with E-state index in [-0.39, 0.29) is 11.5 Å². The lowest BCUT2D eigenvalue weighted by Crippen LogP contribution is -2.46. The molecule has 0 spiro atoms. The number of Topliss-reactive ketones (excluding diaryl/α,β-unsaturated/α-hetero) is 1. The maximum absolute atomic E-state index is 14.4. The van der Waals surface area contributed by atoms with E-state index in [1.54, 1.807) is 24.3 Å². The van der Waals surface area contributed by atoms with Crippen molar-refractivity contribution in [3.05, 3.63) is 104 Å². The number of benzene rings is 3. The summed E-state index contributed by atoms with van der Waals surface area (Å²) in [6.07, 6.45) is 3.58. The molecule has 0 N–H and O–H groups in total. The molecule has 0 amide bonds. The van der Waals surface area contributed by atoms with E-state index < -0.39 is 34.3 Å². The Hall–Kier alpha value is -4.49. The molecule has 4 atom stereocenters. The van der Waals surface area contributed by atoms with Crippen molar-refractivity contribution in [2.24, 2.45) is 5.41 Å². The van der Waals surface area contributed by atoms with Gasteiger partial charge in [-0.15, -0.1) is 0 Å². The number of halogens is 1. The zero-order valence-electron chi connectivity index (χ0n) is 20.9. The van der Waals surface area contributed by atoms with Gasteiger partial charge in [-0.1, -0.05) is 42.5 Å². The molecule has 2 aliphatic heterocycles. The summed E-state index contributed by atoms with van der Waals surface area (Å²) in [5, 5.41) is 22.1. The minimum atomic E-state index is -1.83. The molecule has 3 aromatic carbocycles. The number of rotatable bonds is 6. The summed E-state index contributed by atoms with van der Waals surface area (Å²) in [6, 6.07) is 18.3. The Morgan fingerprint density at radius 2 is 1.82 bits per heavy atom. The number of anilines is 1. The van der Waals surface area contributed by atoms with Gasteiger partial charge in [-0.3, -0.25) is 19.7 Å². The molecule has 2 aliphatic rings. The number of nitro groups is 1. The third-order valence-corrected chi connectivity index (χ3v) is 8.04. The molecular formula is C29H22BrN3O6. The molecule has 5 rings (SSSR count). The van der Waals surface area contributed by atoms with Crippen LogP contribution in [0.1, 0.15) is 27.4 Å². The monoisotopic (exact) mass is 587 g/mol. The van der Waals surface area contributed by atoms with Crippen LogP contribution >= 0.6 is 15.9 Å². The number of hydrogen-bond acceptors (Lipinski definition) is 8. The summed E-state index contributed by atoms with van der Waals surface area (Å²) in [4.78, 5) is 40.7. The average Bonchev–Trinajstić information content (AvgIpc) is 3.28. The molecule has 3 aromatic rings. The fourth-order valence-electron chi connectivity index (χ4n) is 5.70. The fraction of sp³-hybridized carbons (Fsp3) is 0.207. The number of non-ortho nitro benzene ring substituents is 1. The highest BCUT2D eigenvalue weighted by atomic mass is 79.9. The second-order valence-electron chi connectivity index (χ2n) is 9.23. The number of ether oxygens (including phenoxy) is 2. The summed E-state index contributed by atoms with van der Waals surface area (Å²) in [7, 11) is 2.72. The predicted octanol–water partition coefficient (Wildman–Crippen LogP) is 5.30. The molecule has 10 heteroatoms. The van der Waals surface area contributed by atoms with Crippen molar-refractivity contribution in [1.29, 1.82) is 5.26 Å². The van der Waals surface area contributed by atoms with E-state index in [1.165, 1.54) is 38.5 Å². The van der Waals surface area contributed by atoms with Gasteiger partial charge < -0.3 is 14.4 Å². The minimum Gasteiger partial charge on any atom is -0.496 e. The maximum Gasteiger partial charge on any atom is 0.329 e. The van der Waals surface area contributed by atoms with Gasteiger partial charge in [0.2, 0.25) is 0 Å². The van der Waals surface area contributed by atoms with Crippen LogP contribution < -0.4 is 9.64 Å². The lowest BCUT2D eigenvalue weighted by Gasteiger charge is -2.36. The largest absolute Gasteiger partial charge is 0.496 e. The van der Waals surface area contributed by atoms with E-state index >= 15 is 0 Å². The van der Waals surface area contributed by atoms with Crippen molar-refractivity contribution < 1.29 is 24.0 Å². The van der Waals surface area contributed by atoms with Crippen LogP contribution in [0.4, 0.5) is 11.4 Å². The Labute approximate surface area is 232 Å². The van der Waals surface area contributed by atoms with Gasteiger partial charge in [0.05, 0.1) is 35.7 Å². The molecule has 0 aromatic heterocycles. The van der Waals surface area contributed by atoms with Crippen LogP contribution in [-0.4, -0.2) is 43.0 Å². The molecule has 0 saturated carbocycles. The number of fused-ring (bicyclic) bond motifs is 3. The van der Waals surface area contributed by atoms with E-state index in [2.05, 4.69) is 22.0 Å². The molecule has 0 radical (unpaired) electrons. The molecule has 1 fully saturated rings. The molecule has 0 bridgehead atoms. The van der Waals surface area contributed by atoms with Crippen LogP contribution in [0.2, 0.25) is 0 Å². The summed E-state index contributed by atoms with van der Waals surface area (Å²) in [5.41, 5.74) is 0.288. The van der Waals surface area contributed by atoms with Crippen molar-refractivity contribution in [2.75, 3.05) is 19.1 Å². The highest BCUT2D eigenvalue weighted by Gasteiger charge is 2.67. The van der Waals surface area contributed by atoms with Crippen LogP contribution in [0.25, 0.3) is 6.08 Å². The second-order valence-corrected chi connectivity index (χ2v) is 10.1. The van der Waals surface area contributed by atoms with E-state index in [9.17, 15) is 25.0 Å². The first-order chi connectivity index (χ1) is 18.8. The Morgan fingerprint density at radius 1 is 1.10 bits per heavy atom. The average molecular weight is 588 g/mol. The van der Waals surface area contributed by atoms with Crippen LogP contribution in [0, 0.1) is 26.9 Å². The highest BCUT2D eigenvalue weighted by molar-refractivity contribution is 9.10. The summed E-state index contributed by atoms with van der Waals surface area (Å²) >= 11 is 3.44. The van der Waals surface area contributed by atoms with Gasteiger partial charge >= 0.3 is 5.97 Å². The third kappa shape index (κ3) is 3.97. The Kier molecular flexibility index (Phi) is 6.70. The van der Waals surface area contributed by atoms with Gasteiger partial charge in [-0.2, -0.15) is 5.26 Å². The van der Waals surface area contributed by atoms with Gasteiger partial charge in [0.25, 0.3) is 5.69 Å². The van der Waals surface area contributed by atoms with Gasteiger partial charge in [0, 0.05) is 29.3 Å². The zero-order chi connectivity index (χ0) is 27.9. The lowest BCUT2D eigenvalue weighted by molar-refractivity contribution is -0.384. The molecule has 0 aliphatic carbocycles. The number of nitrogens with zero attached hydrogens (tertiary/aromatic N) is 3. The quantitative estimate of drug-likeness (QED) is 0.165. The van der Waals surface area contributed by atoms with E-state index in [0.29, 0.717) is 27.0 Å². The molecule has 9 nitrogen and oxygen atoms in total. The number of esters is 1. The van der Waals surface area contributed by atoms with E-state index in [4.69, 9.17) is 9.47 Å². The summed E-state index contributed by atoms with van der Waals surface area (Å²) in [5.74, 6) is -1.61. The summed E-state index contributed by atoms with van der Waals surface area (Å²) < 4.78 is 11.1. The normalized spacial score (nSPS) is 22.8. The number of ketones is 1. The SMILES string of the molecule is COC(=O)[C@]1(C#N)[C@H](c2ccc([N+](=O)[O-])cc2)[C@@H](C(=O)c2ccc(OC)c(Br)c2)N2c3ccccc3C=C[C@H]21. The van der Waals surface area contributed by atoms with Crippen molar-refractivity contribution in [1.82, 2.24) is 0 Å². The van der Waals surface area contributed by atoms with E-state index in [0.717, 1.165) is 5.56 Å². The Balaban J connectivity index is 1.79. The highest BCUT2D eigenvalue weighted by Crippen LogP contribution is 2.56. The number of carbonyl (C=O) groups excluding carboxylic acids is 2. The van der Waals surface area contributed by atoms with Crippen LogP contribution in [-0.2, 0) is 9.53 Å². The number of nitro benzene ring substituents is 1. The minimum absolute atomic E-state index is 0.151. The summed E-state index contributed by atoms with van der Waals surface area (Å²) in [6.45, 7) is 0. The van der Waals surface area contributed by atoms with Gasteiger partial charge in [0.1, 0.15) is 11.8 Å². The molecule has 2 heterocycles. The first-order valence-electron chi connectivity index (χ1n) is 12.0. The molecule has 0 unspecified atom stereocenters. The lowest BCUT2D eigenvalue weighted by atomic mass is 9.68. The van der Waals surface area contributed by atoms with Crippen LogP contribution in [0.5, 0.6) is 5.75 Å². The van der Waals surface area contributed by atoms with Gasteiger partial charge in [-0.25, -0.2) is 0 Å². The predicted molar refractivity (Wildman–Crippen MR) is 146 cm³/mol. The second kappa shape index (κ2) is 10.0.